The minimum atomic E-state index is 0.342. The molecule has 0 aromatic heterocycles. The van der Waals surface area contributed by atoms with Crippen LogP contribution in [0, 0.1) is 0 Å². The largest absolute Gasteiger partial charge is 0.496 e. The van der Waals surface area contributed by atoms with Crippen molar-refractivity contribution >= 4 is 0 Å². The summed E-state index contributed by atoms with van der Waals surface area (Å²) in [5.41, 5.74) is 1.07. The molecule has 2 atom stereocenters. The van der Waals surface area contributed by atoms with Crippen molar-refractivity contribution in [2.45, 2.75) is 45.4 Å². The Morgan fingerprint density at radius 1 is 0.962 bits per heavy atom. The highest BCUT2D eigenvalue weighted by Gasteiger charge is 2.21. The average Bonchev–Trinajstić information content (AvgIpc) is 2.63. The van der Waals surface area contributed by atoms with Gasteiger partial charge >= 0.3 is 0 Å². The highest BCUT2D eigenvalue weighted by Crippen LogP contribution is 2.34. The zero-order chi connectivity index (χ0) is 18.9. The summed E-state index contributed by atoms with van der Waals surface area (Å²) >= 11 is 0. The van der Waals surface area contributed by atoms with Crippen molar-refractivity contribution in [3.63, 3.8) is 0 Å². The SMILES string of the molecule is COc1cc(OC)c(OC)cc1CNCCCCN1CC(C)OC(C)C1. The third-order valence-corrected chi connectivity index (χ3v) is 4.68. The molecule has 0 bridgehead atoms. The van der Waals surface area contributed by atoms with Crippen LogP contribution in [0.4, 0.5) is 0 Å². The van der Waals surface area contributed by atoms with Gasteiger partial charge in [-0.3, -0.25) is 4.90 Å². The molecular formula is C20H34N2O4. The van der Waals surface area contributed by atoms with Crippen LogP contribution < -0.4 is 19.5 Å². The number of hydrogen-bond acceptors (Lipinski definition) is 6. The van der Waals surface area contributed by atoms with Gasteiger partial charge in [-0.1, -0.05) is 0 Å². The number of benzene rings is 1. The Balaban J connectivity index is 1.72. The molecule has 0 aliphatic carbocycles. The van der Waals surface area contributed by atoms with E-state index in [1.165, 1.54) is 6.42 Å². The predicted molar refractivity (Wildman–Crippen MR) is 103 cm³/mol. The van der Waals surface area contributed by atoms with Gasteiger partial charge in [0.05, 0.1) is 33.5 Å². The first kappa shape index (κ1) is 20.8. The van der Waals surface area contributed by atoms with Gasteiger partial charge in [0.15, 0.2) is 11.5 Å². The summed E-state index contributed by atoms with van der Waals surface area (Å²) in [6, 6.07) is 3.85. The maximum Gasteiger partial charge on any atom is 0.164 e. The van der Waals surface area contributed by atoms with Crippen LogP contribution in [0.25, 0.3) is 0 Å². The molecule has 1 heterocycles. The van der Waals surface area contributed by atoms with Gasteiger partial charge in [-0.2, -0.15) is 0 Å². The van der Waals surface area contributed by atoms with Crippen molar-refractivity contribution < 1.29 is 18.9 Å². The van der Waals surface area contributed by atoms with Crippen molar-refractivity contribution in [3.8, 4) is 17.2 Å². The quantitative estimate of drug-likeness (QED) is 0.643. The van der Waals surface area contributed by atoms with Crippen LogP contribution in [-0.2, 0) is 11.3 Å². The van der Waals surface area contributed by atoms with E-state index in [0.29, 0.717) is 18.0 Å². The Morgan fingerprint density at radius 2 is 1.58 bits per heavy atom. The topological polar surface area (TPSA) is 52.2 Å². The van der Waals surface area contributed by atoms with E-state index >= 15 is 0 Å². The van der Waals surface area contributed by atoms with E-state index in [4.69, 9.17) is 18.9 Å². The van der Waals surface area contributed by atoms with Crippen LogP contribution in [0.1, 0.15) is 32.3 Å². The van der Waals surface area contributed by atoms with Crippen molar-refractivity contribution in [1.82, 2.24) is 10.2 Å². The number of ether oxygens (including phenoxy) is 4. The number of methoxy groups -OCH3 is 3. The number of rotatable bonds is 10. The molecular weight excluding hydrogens is 332 g/mol. The third-order valence-electron chi connectivity index (χ3n) is 4.68. The van der Waals surface area contributed by atoms with Crippen LogP contribution in [0.15, 0.2) is 12.1 Å². The van der Waals surface area contributed by atoms with Crippen molar-refractivity contribution in [3.05, 3.63) is 17.7 Å². The minimum Gasteiger partial charge on any atom is -0.496 e. The summed E-state index contributed by atoms with van der Waals surface area (Å²) < 4.78 is 22.0. The van der Waals surface area contributed by atoms with Crippen LogP contribution >= 0.6 is 0 Å². The summed E-state index contributed by atoms with van der Waals surface area (Å²) in [7, 11) is 4.95. The Bertz CT molecular complexity index is 543. The number of hydrogen-bond donors (Lipinski definition) is 1. The molecule has 1 aromatic rings. The molecule has 1 aliphatic rings. The van der Waals surface area contributed by atoms with E-state index < -0.39 is 0 Å². The fraction of sp³-hybridized carbons (Fsp3) is 0.700. The molecule has 0 amide bonds. The maximum absolute atomic E-state index is 5.78. The highest BCUT2D eigenvalue weighted by molar-refractivity contribution is 5.50. The molecule has 1 aliphatic heterocycles. The fourth-order valence-electron chi connectivity index (χ4n) is 3.51. The molecule has 148 valence electrons. The van der Waals surface area contributed by atoms with E-state index in [1.807, 2.05) is 12.1 Å². The van der Waals surface area contributed by atoms with Gasteiger partial charge in [0.2, 0.25) is 0 Å². The Kier molecular flexibility index (Phi) is 8.48. The summed E-state index contributed by atoms with van der Waals surface area (Å²) in [6.07, 6.45) is 3.02. The van der Waals surface area contributed by atoms with Crippen molar-refractivity contribution in [2.75, 3.05) is 47.5 Å². The Labute approximate surface area is 157 Å². The molecule has 1 fully saturated rings. The lowest BCUT2D eigenvalue weighted by Crippen LogP contribution is -2.45. The lowest BCUT2D eigenvalue weighted by molar-refractivity contribution is -0.0681. The average molecular weight is 367 g/mol. The highest BCUT2D eigenvalue weighted by atomic mass is 16.5. The van der Waals surface area contributed by atoms with Gasteiger partial charge in [0, 0.05) is 31.3 Å². The molecule has 0 radical (unpaired) electrons. The van der Waals surface area contributed by atoms with Crippen LogP contribution in [0.3, 0.4) is 0 Å². The summed E-state index contributed by atoms with van der Waals surface area (Å²) in [4.78, 5) is 2.51. The molecule has 2 unspecified atom stereocenters. The van der Waals surface area contributed by atoms with E-state index in [9.17, 15) is 0 Å². The first-order valence-electron chi connectivity index (χ1n) is 9.44. The second-order valence-corrected chi connectivity index (χ2v) is 6.92. The molecule has 1 saturated heterocycles. The van der Waals surface area contributed by atoms with Crippen LogP contribution in [0.5, 0.6) is 17.2 Å². The summed E-state index contributed by atoms with van der Waals surface area (Å²) in [5.74, 6) is 2.22. The van der Waals surface area contributed by atoms with E-state index in [2.05, 4.69) is 24.1 Å². The van der Waals surface area contributed by atoms with E-state index in [1.54, 1.807) is 21.3 Å². The second-order valence-electron chi connectivity index (χ2n) is 6.92. The molecule has 6 nitrogen and oxygen atoms in total. The molecule has 26 heavy (non-hydrogen) atoms. The lowest BCUT2D eigenvalue weighted by atomic mass is 10.1. The molecule has 1 aromatic carbocycles. The lowest BCUT2D eigenvalue weighted by Gasteiger charge is -2.35. The molecule has 2 rings (SSSR count). The first-order valence-corrected chi connectivity index (χ1v) is 9.44. The fourth-order valence-corrected chi connectivity index (χ4v) is 3.51. The van der Waals surface area contributed by atoms with Crippen molar-refractivity contribution in [1.29, 1.82) is 0 Å². The first-order chi connectivity index (χ1) is 12.6. The summed E-state index contributed by atoms with van der Waals surface area (Å²) in [6.45, 7) is 9.25. The number of unbranched alkanes of at least 4 members (excludes halogenated alkanes) is 1. The smallest absolute Gasteiger partial charge is 0.164 e. The third kappa shape index (κ3) is 6.04. The Hall–Kier alpha value is -1.50. The molecule has 0 saturated carbocycles. The standard InChI is InChI=1S/C20H34N2O4/c1-15-13-22(14-16(2)26-15)9-7-6-8-21-12-17-10-19(24-4)20(25-5)11-18(17)23-3/h10-11,15-16,21H,6-9,12-14H2,1-5H3. The van der Waals surface area contributed by atoms with Gasteiger partial charge in [-0.15, -0.1) is 0 Å². The Morgan fingerprint density at radius 3 is 2.19 bits per heavy atom. The minimum absolute atomic E-state index is 0.342. The number of nitrogens with zero attached hydrogens (tertiary/aromatic N) is 1. The van der Waals surface area contributed by atoms with Gasteiger partial charge in [-0.05, 0) is 45.8 Å². The predicted octanol–water partition coefficient (Wildman–Crippen LogP) is 2.69. The monoisotopic (exact) mass is 366 g/mol. The normalized spacial score (nSPS) is 20.8. The van der Waals surface area contributed by atoms with Gasteiger partial charge in [0.25, 0.3) is 0 Å². The van der Waals surface area contributed by atoms with Gasteiger partial charge in [-0.25, -0.2) is 0 Å². The van der Waals surface area contributed by atoms with Crippen LogP contribution in [0.2, 0.25) is 0 Å². The zero-order valence-corrected chi connectivity index (χ0v) is 16.8. The zero-order valence-electron chi connectivity index (χ0n) is 16.8. The van der Waals surface area contributed by atoms with Crippen molar-refractivity contribution in [2.24, 2.45) is 0 Å². The van der Waals surface area contributed by atoms with E-state index in [0.717, 1.165) is 56.2 Å². The number of morpholine rings is 1. The summed E-state index contributed by atoms with van der Waals surface area (Å²) in [5, 5.41) is 3.50. The van der Waals surface area contributed by atoms with E-state index in [-0.39, 0.29) is 0 Å². The molecule has 0 spiro atoms. The van der Waals surface area contributed by atoms with Gasteiger partial charge in [0.1, 0.15) is 5.75 Å². The number of nitrogens with one attached hydrogen (secondary N) is 1. The van der Waals surface area contributed by atoms with Crippen LogP contribution in [-0.4, -0.2) is 64.6 Å². The maximum atomic E-state index is 5.78. The molecule has 6 heteroatoms. The second kappa shape index (κ2) is 10.6. The molecule has 1 N–H and O–H groups in total. The van der Waals surface area contributed by atoms with Gasteiger partial charge < -0.3 is 24.3 Å².